The van der Waals surface area contributed by atoms with Crippen LogP contribution in [0, 0.1) is 6.92 Å². The SMILES string of the molecule is Cc1cn(-c2ccccc2)nc1NC(=O)c1cccn1C. The number of carbonyl (C=O) groups is 1. The van der Waals surface area contributed by atoms with Gasteiger partial charge in [0.25, 0.3) is 5.91 Å². The number of nitrogens with one attached hydrogen (secondary N) is 1. The van der Waals surface area contributed by atoms with Gasteiger partial charge in [0.05, 0.1) is 5.69 Å². The molecular formula is C16H16N4O. The minimum atomic E-state index is -0.163. The van der Waals surface area contributed by atoms with E-state index < -0.39 is 0 Å². The van der Waals surface area contributed by atoms with Crippen LogP contribution in [0.5, 0.6) is 0 Å². The zero-order valence-electron chi connectivity index (χ0n) is 11.9. The lowest BCUT2D eigenvalue weighted by Gasteiger charge is -2.04. The topological polar surface area (TPSA) is 51.9 Å². The Morgan fingerprint density at radius 1 is 1.14 bits per heavy atom. The summed E-state index contributed by atoms with van der Waals surface area (Å²) in [5.41, 5.74) is 2.48. The Morgan fingerprint density at radius 3 is 2.57 bits per heavy atom. The third-order valence-corrected chi connectivity index (χ3v) is 3.33. The molecule has 106 valence electrons. The first-order chi connectivity index (χ1) is 10.1. The quantitative estimate of drug-likeness (QED) is 0.802. The number of anilines is 1. The van der Waals surface area contributed by atoms with Crippen LogP contribution in [0.15, 0.2) is 54.9 Å². The molecule has 3 aromatic rings. The van der Waals surface area contributed by atoms with E-state index in [1.807, 2.05) is 62.8 Å². The van der Waals surface area contributed by atoms with Crippen LogP contribution in [0.25, 0.3) is 5.69 Å². The second kappa shape index (κ2) is 5.28. The summed E-state index contributed by atoms with van der Waals surface area (Å²) < 4.78 is 3.54. The molecule has 0 fully saturated rings. The molecule has 5 nitrogen and oxygen atoms in total. The molecule has 1 amide bonds. The number of nitrogens with zero attached hydrogens (tertiary/aromatic N) is 3. The summed E-state index contributed by atoms with van der Waals surface area (Å²) in [4.78, 5) is 12.2. The molecule has 2 heterocycles. The highest BCUT2D eigenvalue weighted by Crippen LogP contribution is 2.16. The van der Waals surface area contributed by atoms with Crippen molar-refractivity contribution in [3.63, 3.8) is 0 Å². The van der Waals surface area contributed by atoms with Crippen molar-refractivity contribution in [1.82, 2.24) is 14.3 Å². The Hall–Kier alpha value is -2.82. The van der Waals surface area contributed by atoms with Crippen LogP contribution in [-0.2, 0) is 7.05 Å². The van der Waals surface area contributed by atoms with Crippen LogP contribution in [0.2, 0.25) is 0 Å². The van der Waals surface area contributed by atoms with Gasteiger partial charge in [-0.2, -0.15) is 0 Å². The van der Waals surface area contributed by atoms with Gasteiger partial charge in [-0.05, 0) is 31.2 Å². The minimum Gasteiger partial charge on any atom is -0.347 e. The second-order valence-electron chi connectivity index (χ2n) is 4.90. The average molecular weight is 280 g/mol. The summed E-state index contributed by atoms with van der Waals surface area (Å²) >= 11 is 0. The van der Waals surface area contributed by atoms with Crippen LogP contribution in [0.4, 0.5) is 5.82 Å². The lowest BCUT2D eigenvalue weighted by atomic mass is 10.3. The normalized spacial score (nSPS) is 10.6. The van der Waals surface area contributed by atoms with Gasteiger partial charge in [-0.25, -0.2) is 4.68 Å². The highest BCUT2D eigenvalue weighted by Gasteiger charge is 2.13. The third-order valence-electron chi connectivity index (χ3n) is 3.33. The summed E-state index contributed by atoms with van der Waals surface area (Å²) in [5.74, 6) is 0.411. The van der Waals surface area contributed by atoms with E-state index in [4.69, 9.17) is 0 Å². The maximum absolute atomic E-state index is 12.2. The zero-order valence-corrected chi connectivity index (χ0v) is 11.9. The molecular weight excluding hydrogens is 264 g/mol. The van der Waals surface area contributed by atoms with Gasteiger partial charge in [0.15, 0.2) is 5.82 Å². The van der Waals surface area contributed by atoms with Crippen LogP contribution >= 0.6 is 0 Å². The summed E-state index contributed by atoms with van der Waals surface area (Å²) in [6.07, 6.45) is 3.74. The molecule has 1 N–H and O–H groups in total. The highest BCUT2D eigenvalue weighted by molar-refractivity contribution is 6.02. The van der Waals surface area contributed by atoms with E-state index >= 15 is 0 Å². The van der Waals surface area contributed by atoms with Crippen molar-refractivity contribution >= 4 is 11.7 Å². The van der Waals surface area contributed by atoms with Gasteiger partial charge in [0, 0.05) is 25.0 Å². The molecule has 0 saturated carbocycles. The largest absolute Gasteiger partial charge is 0.347 e. The van der Waals surface area contributed by atoms with Crippen LogP contribution in [-0.4, -0.2) is 20.3 Å². The Morgan fingerprint density at radius 2 is 1.90 bits per heavy atom. The summed E-state index contributed by atoms with van der Waals surface area (Å²) in [7, 11) is 1.84. The van der Waals surface area contributed by atoms with Crippen molar-refractivity contribution in [1.29, 1.82) is 0 Å². The van der Waals surface area contributed by atoms with Crippen molar-refractivity contribution in [3.8, 4) is 5.69 Å². The predicted octanol–water partition coefficient (Wildman–Crippen LogP) is 2.77. The molecule has 0 atom stereocenters. The number of carbonyl (C=O) groups excluding carboxylic acids is 1. The Kier molecular flexibility index (Phi) is 3.31. The van der Waals surface area contributed by atoms with Crippen LogP contribution in [0.1, 0.15) is 16.1 Å². The number of hydrogen-bond donors (Lipinski definition) is 1. The number of aromatic nitrogens is 3. The lowest BCUT2D eigenvalue weighted by Crippen LogP contribution is -2.16. The standard InChI is InChI=1S/C16H16N4O/c1-12-11-20(13-7-4-3-5-8-13)18-15(12)17-16(21)14-9-6-10-19(14)2/h3-11H,1-2H3,(H,17,18,21). The van der Waals surface area contributed by atoms with Gasteiger partial charge < -0.3 is 9.88 Å². The van der Waals surface area contributed by atoms with E-state index in [0.717, 1.165) is 11.3 Å². The van der Waals surface area contributed by atoms with Crippen LogP contribution in [0.3, 0.4) is 0 Å². The molecule has 3 rings (SSSR count). The van der Waals surface area contributed by atoms with E-state index in [9.17, 15) is 4.79 Å². The Balaban J connectivity index is 1.86. The number of amides is 1. The van der Waals surface area contributed by atoms with Crippen molar-refractivity contribution in [3.05, 3.63) is 66.1 Å². The Bertz CT molecular complexity index is 771. The number of aryl methyl sites for hydroxylation is 2. The fraction of sp³-hybridized carbons (Fsp3) is 0.125. The zero-order chi connectivity index (χ0) is 14.8. The van der Waals surface area contributed by atoms with E-state index in [1.54, 1.807) is 15.3 Å². The molecule has 1 aromatic carbocycles. The number of hydrogen-bond acceptors (Lipinski definition) is 2. The van der Waals surface area contributed by atoms with Gasteiger partial charge in [-0.3, -0.25) is 4.79 Å². The van der Waals surface area contributed by atoms with E-state index in [-0.39, 0.29) is 5.91 Å². The van der Waals surface area contributed by atoms with E-state index in [1.165, 1.54) is 0 Å². The molecule has 5 heteroatoms. The van der Waals surface area contributed by atoms with Crippen molar-refractivity contribution in [2.24, 2.45) is 7.05 Å². The molecule has 21 heavy (non-hydrogen) atoms. The molecule has 0 radical (unpaired) electrons. The van der Waals surface area contributed by atoms with Gasteiger partial charge in [-0.1, -0.05) is 18.2 Å². The smallest absolute Gasteiger partial charge is 0.273 e. The van der Waals surface area contributed by atoms with Crippen LogP contribution < -0.4 is 5.32 Å². The molecule has 0 saturated heterocycles. The van der Waals surface area contributed by atoms with E-state index in [2.05, 4.69) is 10.4 Å². The monoisotopic (exact) mass is 280 g/mol. The van der Waals surface area contributed by atoms with Gasteiger partial charge in [0.1, 0.15) is 5.69 Å². The van der Waals surface area contributed by atoms with Crippen molar-refractivity contribution in [2.45, 2.75) is 6.92 Å². The van der Waals surface area contributed by atoms with Crippen molar-refractivity contribution in [2.75, 3.05) is 5.32 Å². The predicted molar refractivity (Wildman–Crippen MR) is 81.7 cm³/mol. The summed E-state index contributed by atoms with van der Waals surface area (Å²) in [5, 5.41) is 7.29. The lowest BCUT2D eigenvalue weighted by molar-refractivity contribution is 0.101. The Labute approximate surface area is 122 Å². The number of para-hydroxylation sites is 1. The molecule has 0 aliphatic rings. The molecule has 0 aliphatic heterocycles. The number of rotatable bonds is 3. The first kappa shape index (κ1) is 13.2. The summed E-state index contributed by atoms with van der Waals surface area (Å²) in [6.45, 7) is 1.92. The maximum atomic E-state index is 12.2. The first-order valence-electron chi connectivity index (χ1n) is 6.69. The third kappa shape index (κ3) is 2.58. The van der Waals surface area contributed by atoms with Crippen molar-refractivity contribution < 1.29 is 4.79 Å². The van der Waals surface area contributed by atoms with Gasteiger partial charge in [-0.15, -0.1) is 5.10 Å². The van der Waals surface area contributed by atoms with E-state index in [0.29, 0.717) is 11.5 Å². The second-order valence-corrected chi connectivity index (χ2v) is 4.90. The fourth-order valence-corrected chi connectivity index (χ4v) is 2.17. The minimum absolute atomic E-state index is 0.163. The summed E-state index contributed by atoms with van der Waals surface area (Å²) in [6, 6.07) is 13.4. The number of benzene rings is 1. The fourth-order valence-electron chi connectivity index (χ4n) is 2.17. The molecule has 0 aliphatic carbocycles. The highest BCUT2D eigenvalue weighted by atomic mass is 16.2. The first-order valence-corrected chi connectivity index (χ1v) is 6.69. The average Bonchev–Trinajstić information content (AvgIpc) is 3.07. The van der Waals surface area contributed by atoms with Gasteiger partial charge >= 0.3 is 0 Å². The maximum Gasteiger partial charge on any atom is 0.273 e. The molecule has 2 aromatic heterocycles. The molecule has 0 spiro atoms. The molecule has 0 unspecified atom stereocenters. The molecule has 0 bridgehead atoms. The van der Waals surface area contributed by atoms with Gasteiger partial charge in [0.2, 0.25) is 0 Å².